The van der Waals surface area contributed by atoms with Crippen LogP contribution in [0.5, 0.6) is 0 Å². The predicted octanol–water partition coefficient (Wildman–Crippen LogP) is 2.20. The van der Waals surface area contributed by atoms with Crippen LogP contribution in [-0.2, 0) is 7.05 Å². The van der Waals surface area contributed by atoms with Crippen LogP contribution in [-0.4, -0.2) is 46.0 Å². The highest BCUT2D eigenvalue weighted by Crippen LogP contribution is 2.14. The summed E-state index contributed by atoms with van der Waals surface area (Å²) in [6.07, 6.45) is 3.11. The van der Waals surface area contributed by atoms with Gasteiger partial charge in [0.15, 0.2) is 4.77 Å². The molecule has 1 saturated heterocycles. The summed E-state index contributed by atoms with van der Waals surface area (Å²) in [7, 11) is 1.63. The van der Waals surface area contributed by atoms with E-state index >= 15 is 0 Å². The molecular weight excluding hydrogens is 336 g/mol. The molecule has 2 aromatic rings. The van der Waals surface area contributed by atoms with Crippen LogP contribution in [0.4, 0.5) is 0 Å². The molecule has 0 bridgehead atoms. The normalized spacial score (nSPS) is 16.2. The number of piperidine rings is 1. The van der Waals surface area contributed by atoms with Crippen LogP contribution in [0, 0.1) is 4.77 Å². The Morgan fingerprint density at radius 3 is 2.76 bits per heavy atom. The van der Waals surface area contributed by atoms with Crippen molar-refractivity contribution in [1.82, 2.24) is 19.8 Å². The molecule has 1 aliphatic heterocycles. The van der Waals surface area contributed by atoms with Crippen molar-refractivity contribution < 1.29 is 4.79 Å². The van der Waals surface area contributed by atoms with Gasteiger partial charge in [-0.25, -0.2) is 0 Å². The summed E-state index contributed by atoms with van der Waals surface area (Å²) in [6.45, 7) is 5.37. The average Bonchev–Trinajstić information content (AvgIpc) is 2.61. The molecule has 1 aliphatic rings. The van der Waals surface area contributed by atoms with Crippen LogP contribution in [0.1, 0.15) is 36.5 Å². The molecule has 0 radical (unpaired) electrons. The minimum atomic E-state index is -0.158. The first kappa shape index (κ1) is 17.8. The third kappa shape index (κ3) is 3.82. The van der Waals surface area contributed by atoms with E-state index in [1.807, 2.05) is 0 Å². The molecule has 1 amide bonds. The van der Waals surface area contributed by atoms with E-state index in [0.717, 1.165) is 38.9 Å². The first-order valence-electron chi connectivity index (χ1n) is 8.76. The minimum absolute atomic E-state index is 0.101. The van der Waals surface area contributed by atoms with Gasteiger partial charge in [-0.3, -0.25) is 14.2 Å². The average molecular weight is 360 g/mol. The minimum Gasteiger partial charge on any atom is -0.349 e. The van der Waals surface area contributed by atoms with Crippen LogP contribution in [0.3, 0.4) is 0 Å². The van der Waals surface area contributed by atoms with Gasteiger partial charge in [0, 0.05) is 31.7 Å². The summed E-state index contributed by atoms with van der Waals surface area (Å²) >= 11 is 5.14. The molecule has 1 fully saturated rings. The number of carbonyl (C=O) groups excluding carboxylic acids is 1. The van der Waals surface area contributed by atoms with Gasteiger partial charge >= 0.3 is 0 Å². The van der Waals surface area contributed by atoms with E-state index in [1.54, 1.807) is 25.2 Å². The molecule has 7 heteroatoms. The van der Waals surface area contributed by atoms with Gasteiger partial charge in [0.05, 0.1) is 10.9 Å². The molecule has 0 spiro atoms. The second kappa shape index (κ2) is 7.49. The van der Waals surface area contributed by atoms with Crippen molar-refractivity contribution >= 4 is 29.0 Å². The van der Waals surface area contributed by atoms with Gasteiger partial charge in [0.1, 0.15) is 0 Å². The Bertz CT molecular complexity index is 894. The number of amides is 1. The zero-order valence-electron chi connectivity index (χ0n) is 14.7. The number of nitrogens with one attached hydrogen (secondary N) is 2. The Hall–Kier alpha value is -1.99. The molecule has 0 aliphatic carbocycles. The maximum atomic E-state index is 12.6. The Balaban J connectivity index is 1.74. The Kier molecular flexibility index (Phi) is 5.34. The number of aromatic amines is 1. The molecule has 3 rings (SSSR count). The lowest BCUT2D eigenvalue weighted by molar-refractivity contribution is 0.0911. The van der Waals surface area contributed by atoms with Gasteiger partial charge in [-0.1, -0.05) is 6.92 Å². The van der Waals surface area contributed by atoms with Crippen LogP contribution < -0.4 is 10.9 Å². The van der Waals surface area contributed by atoms with Crippen molar-refractivity contribution in [1.29, 1.82) is 0 Å². The lowest BCUT2D eigenvalue weighted by atomic mass is 10.0. The summed E-state index contributed by atoms with van der Waals surface area (Å²) in [4.78, 5) is 30.2. The molecule has 1 aromatic heterocycles. The number of fused-ring (bicyclic) bond motifs is 1. The lowest BCUT2D eigenvalue weighted by Crippen LogP contribution is -2.44. The monoisotopic (exact) mass is 360 g/mol. The number of likely N-dealkylation sites (tertiary alicyclic amines) is 1. The number of hydrogen-bond acceptors (Lipinski definition) is 4. The summed E-state index contributed by atoms with van der Waals surface area (Å²) in [6, 6.07) is 5.29. The fourth-order valence-electron chi connectivity index (χ4n) is 3.33. The van der Waals surface area contributed by atoms with Crippen molar-refractivity contribution in [3.8, 4) is 0 Å². The fraction of sp³-hybridized carbons (Fsp3) is 0.500. The highest BCUT2D eigenvalue weighted by atomic mass is 32.1. The molecular formula is C18H24N4O2S. The van der Waals surface area contributed by atoms with E-state index in [4.69, 9.17) is 12.2 Å². The van der Waals surface area contributed by atoms with Crippen LogP contribution in [0.25, 0.3) is 10.9 Å². The van der Waals surface area contributed by atoms with Crippen molar-refractivity contribution in [2.75, 3.05) is 19.6 Å². The Labute approximate surface area is 151 Å². The van der Waals surface area contributed by atoms with Gasteiger partial charge in [-0.2, -0.15) is 0 Å². The Morgan fingerprint density at radius 2 is 2.08 bits per heavy atom. The number of H-pyrrole nitrogens is 1. The smallest absolute Gasteiger partial charge is 0.261 e. The van der Waals surface area contributed by atoms with Crippen molar-refractivity contribution in [2.45, 2.75) is 32.2 Å². The fourth-order valence-corrected chi connectivity index (χ4v) is 3.53. The number of nitrogens with zero attached hydrogens (tertiary/aromatic N) is 2. The topological polar surface area (TPSA) is 70.1 Å². The van der Waals surface area contributed by atoms with Crippen LogP contribution in [0.15, 0.2) is 23.0 Å². The van der Waals surface area contributed by atoms with Gasteiger partial charge in [0.2, 0.25) is 0 Å². The molecule has 0 saturated carbocycles. The standard InChI is InChI=1S/C18H24N4O2S/c1-3-8-22-9-6-13(7-10-22)19-16(23)12-4-5-14-15(11-12)20-18(25)21(2)17(14)24/h4-5,11,13H,3,6-10H2,1-2H3,(H,19,23)(H,20,25). The maximum Gasteiger partial charge on any atom is 0.261 e. The lowest BCUT2D eigenvalue weighted by Gasteiger charge is -2.32. The molecule has 2 heterocycles. The number of rotatable bonds is 4. The van der Waals surface area contributed by atoms with E-state index in [-0.39, 0.29) is 17.5 Å². The zero-order valence-corrected chi connectivity index (χ0v) is 15.5. The highest BCUT2D eigenvalue weighted by molar-refractivity contribution is 7.71. The first-order valence-corrected chi connectivity index (χ1v) is 9.16. The largest absolute Gasteiger partial charge is 0.349 e. The van der Waals surface area contributed by atoms with E-state index in [2.05, 4.69) is 22.1 Å². The molecule has 25 heavy (non-hydrogen) atoms. The highest BCUT2D eigenvalue weighted by Gasteiger charge is 2.20. The van der Waals surface area contributed by atoms with E-state index in [0.29, 0.717) is 21.2 Å². The Morgan fingerprint density at radius 1 is 1.36 bits per heavy atom. The zero-order chi connectivity index (χ0) is 18.0. The van der Waals surface area contributed by atoms with Crippen molar-refractivity contribution in [2.24, 2.45) is 7.05 Å². The van der Waals surface area contributed by atoms with Gasteiger partial charge in [-0.05, 0) is 56.2 Å². The molecule has 0 atom stereocenters. The maximum absolute atomic E-state index is 12.6. The summed E-state index contributed by atoms with van der Waals surface area (Å²) < 4.78 is 1.74. The molecule has 1 aromatic carbocycles. The van der Waals surface area contributed by atoms with E-state index < -0.39 is 0 Å². The quantitative estimate of drug-likeness (QED) is 0.820. The number of benzene rings is 1. The van der Waals surface area contributed by atoms with Crippen LogP contribution >= 0.6 is 12.2 Å². The van der Waals surface area contributed by atoms with Crippen molar-refractivity contribution in [3.05, 3.63) is 38.9 Å². The third-order valence-corrected chi connectivity index (χ3v) is 5.20. The second-order valence-corrected chi connectivity index (χ2v) is 7.03. The summed E-state index contributed by atoms with van der Waals surface area (Å²) in [5, 5.41) is 3.64. The summed E-state index contributed by atoms with van der Waals surface area (Å²) in [5.41, 5.74) is 0.981. The van der Waals surface area contributed by atoms with Gasteiger partial charge in [0.25, 0.3) is 11.5 Å². The van der Waals surface area contributed by atoms with E-state index in [9.17, 15) is 9.59 Å². The molecule has 6 nitrogen and oxygen atoms in total. The number of aromatic nitrogens is 2. The molecule has 134 valence electrons. The van der Waals surface area contributed by atoms with Crippen LogP contribution in [0.2, 0.25) is 0 Å². The van der Waals surface area contributed by atoms with Crippen molar-refractivity contribution in [3.63, 3.8) is 0 Å². The summed E-state index contributed by atoms with van der Waals surface area (Å²) in [5.74, 6) is -0.101. The third-order valence-electron chi connectivity index (χ3n) is 4.83. The van der Waals surface area contributed by atoms with E-state index in [1.165, 1.54) is 4.57 Å². The first-order chi connectivity index (χ1) is 12.0. The SMILES string of the molecule is CCCN1CCC(NC(=O)c2ccc3c(=O)n(C)c(=S)[nH]c3c2)CC1. The van der Waals surface area contributed by atoms with Gasteiger partial charge < -0.3 is 15.2 Å². The molecule has 2 N–H and O–H groups in total. The molecule has 0 unspecified atom stereocenters. The number of hydrogen-bond donors (Lipinski definition) is 2. The van der Waals surface area contributed by atoms with Gasteiger partial charge in [-0.15, -0.1) is 0 Å². The predicted molar refractivity (Wildman–Crippen MR) is 102 cm³/mol. The second-order valence-electron chi connectivity index (χ2n) is 6.64. The number of carbonyl (C=O) groups is 1.